The molecule has 2 amide bonds. The maximum Gasteiger partial charge on any atom is 0.240 e. The van der Waals surface area contributed by atoms with Crippen LogP contribution in [0.5, 0.6) is 0 Å². The Hall–Kier alpha value is -1.99. The van der Waals surface area contributed by atoms with E-state index >= 15 is 0 Å². The number of amides is 2. The highest BCUT2D eigenvalue weighted by Gasteiger charge is 2.37. The van der Waals surface area contributed by atoms with E-state index in [0.717, 1.165) is 64.2 Å². The number of hydrogen-bond acceptors (Lipinski definition) is 4. The van der Waals surface area contributed by atoms with Crippen LogP contribution in [0.4, 0.5) is 4.39 Å². The predicted molar refractivity (Wildman–Crippen MR) is 122 cm³/mol. The molecule has 3 fully saturated rings. The lowest BCUT2D eigenvalue weighted by molar-refractivity contribution is -0.135. The number of rotatable bonds is 6. The summed E-state index contributed by atoms with van der Waals surface area (Å²) in [5, 5.41) is 0. The van der Waals surface area contributed by atoms with E-state index in [0.29, 0.717) is 13.1 Å². The van der Waals surface area contributed by atoms with Gasteiger partial charge in [0.15, 0.2) is 0 Å². The molecule has 0 saturated carbocycles. The summed E-state index contributed by atoms with van der Waals surface area (Å²) >= 11 is 0. The number of halogens is 1. The average Bonchev–Trinajstić information content (AvgIpc) is 3.00. The van der Waals surface area contributed by atoms with Crippen molar-refractivity contribution in [2.45, 2.75) is 51.6 Å². The van der Waals surface area contributed by atoms with E-state index in [4.69, 9.17) is 0 Å². The Morgan fingerprint density at radius 1 is 0.969 bits per heavy atom. The lowest BCUT2D eigenvalue weighted by atomic mass is 10.1. The van der Waals surface area contributed by atoms with Crippen molar-refractivity contribution in [3.05, 3.63) is 35.6 Å². The van der Waals surface area contributed by atoms with Crippen LogP contribution < -0.4 is 0 Å². The third-order valence-corrected chi connectivity index (χ3v) is 7.24. The van der Waals surface area contributed by atoms with Gasteiger partial charge in [0.25, 0.3) is 0 Å². The number of hydrogen-bond donors (Lipinski definition) is 0. The molecule has 0 bridgehead atoms. The molecule has 0 aromatic heterocycles. The van der Waals surface area contributed by atoms with Crippen molar-refractivity contribution in [2.75, 3.05) is 52.4 Å². The minimum atomic E-state index is -0.256. The third kappa shape index (κ3) is 5.67. The van der Waals surface area contributed by atoms with Gasteiger partial charge in [-0.1, -0.05) is 25.5 Å². The molecule has 176 valence electrons. The Morgan fingerprint density at radius 2 is 1.72 bits per heavy atom. The van der Waals surface area contributed by atoms with Gasteiger partial charge in [0.2, 0.25) is 11.8 Å². The van der Waals surface area contributed by atoms with E-state index < -0.39 is 0 Å². The molecule has 3 aliphatic heterocycles. The normalized spacial score (nSPS) is 24.6. The van der Waals surface area contributed by atoms with Crippen LogP contribution in [0.1, 0.15) is 44.6 Å². The molecule has 0 unspecified atom stereocenters. The fourth-order valence-electron chi connectivity index (χ4n) is 5.42. The van der Waals surface area contributed by atoms with E-state index in [2.05, 4.69) is 16.7 Å². The number of nitrogens with zero attached hydrogens (tertiary/aromatic N) is 4. The van der Waals surface area contributed by atoms with E-state index in [-0.39, 0.29) is 29.6 Å². The molecule has 32 heavy (non-hydrogen) atoms. The van der Waals surface area contributed by atoms with Crippen LogP contribution in [0.2, 0.25) is 0 Å². The maximum atomic E-state index is 13.2. The Balaban J connectivity index is 1.27. The van der Waals surface area contributed by atoms with Gasteiger partial charge in [-0.2, -0.15) is 0 Å². The highest BCUT2D eigenvalue weighted by molar-refractivity contribution is 5.84. The summed E-state index contributed by atoms with van der Waals surface area (Å²) in [5.74, 6) is 0.188. The second-order valence-corrected chi connectivity index (χ2v) is 9.67. The second kappa shape index (κ2) is 10.8. The first kappa shape index (κ1) is 23.2. The minimum Gasteiger partial charge on any atom is -0.341 e. The molecule has 1 aromatic carbocycles. The van der Waals surface area contributed by atoms with Crippen molar-refractivity contribution in [3.8, 4) is 0 Å². The molecule has 4 rings (SSSR count). The van der Waals surface area contributed by atoms with E-state index in [9.17, 15) is 14.0 Å². The predicted octanol–water partition coefficient (Wildman–Crippen LogP) is 2.58. The molecule has 6 nitrogen and oxygen atoms in total. The summed E-state index contributed by atoms with van der Waals surface area (Å²) in [7, 11) is 0. The van der Waals surface area contributed by atoms with Crippen molar-refractivity contribution in [2.24, 2.45) is 5.92 Å². The maximum absolute atomic E-state index is 13.2. The summed E-state index contributed by atoms with van der Waals surface area (Å²) in [5.41, 5.74) is 0.954. The lowest BCUT2D eigenvalue weighted by Gasteiger charge is -2.31. The number of carbonyl (C=O) groups excluding carboxylic acids is 2. The Morgan fingerprint density at radius 3 is 2.47 bits per heavy atom. The first-order valence-electron chi connectivity index (χ1n) is 12.3. The molecule has 0 spiro atoms. The smallest absolute Gasteiger partial charge is 0.240 e. The van der Waals surface area contributed by atoms with Crippen LogP contribution in [0.3, 0.4) is 0 Å². The van der Waals surface area contributed by atoms with E-state index in [1.807, 2.05) is 9.80 Å². The summed E-state index contributed by atoms with van der Waals surface area (Å²) in [6.07, 6.45) is 5.52. The van der Waals surface area contributed by atoms with Crippen molar-refractivity contribution in [1.29, 1.82) is 0 Å². The molecule has 7 heteroatoms. The largest absolute Gasteiger partial charge is 0.341 e. The molecule has 3 saturated heterocycles. The first-order chi connectivity index (χ1) is 15.5. The topological polar surface area (TPSA) is 47.1 Å². The zero-order valence-corrected chi connectivity index (χ0v) is 19.3. The second-order valence-electron chi connectivity index (χ2n) is 9.67. The Bertz CT molecular complexity index is 781. The zero-order valence-electron chi connectivity index (χ0n) is 19.3. The fourth-order valence-corrected chi connectivity index (χ4v) is 5.42. The highest BCUT2D eigenvalue weighted by Crippen LogP contribution is 2.22. The molecular weight excluding hydrogens is 407 g/mol. The third-order valence-electron chi connectivity index (χ3n) is 7.24. The van der Waals surface area contributed by atoms with Gasteiger partial charge in [0.1, 0.15) is 5.82 Å². The first-order valence-corrected chi connectivity index (χ1v) is 12.3. The van der Waals surface area contributed by atoms with Crippen molar-refractivity contribution < 1.29 is 14.0 Å². The summed E-state index contributed by atoms with van der Waals surface area (Å²) < 4.78 is 13.2. The number of carbonyl (C=O) groups is 2. The fraction of sp³-hybridized carbons (Fsp3) is 0.680. The van der Waals surface area contributed by atoms with Crippen LogP contribution in [-0.4, -0.2) is 89.8 Å². The molecule has 0 N–H and O–H groups in total. The molecule has 0 aliphatic carbocycles. The van der Waals surface area contributed by atoms with Gasteiger partial charge < -0.3 is 14.7 Å². The van der Waals surface area contributed by atoms with Crippen LogP contribution in [0.25, 0.3) is 0 Å². The van der Waals surface area contributed by atoms with Crippen molar-refractivity contribution in [3.63, 3.8) is 0 Å². The Kier molecular flexibility index (Phi) is 7.79. The summed E-state index contributed by atoms with van der Waals surface area (Å²) in [6.45, 7) is 9.49. The van der Waals surface area contributed by atoms with Crippen LogP contribution in [-0.2, 0) is 16.1 Å². The monoisotopic (exact) mass is 444 g/mol. The summed E-state index contributed by atoms with van der Waals surface area (Å²) in [4.78, 5) is 34.7. The molecule has 1 aromatic rings. The summed E-state index contributed by atoms with van der Waals surface area (Å²) in [6, 6.07) is 6.28. The number of piperidine rings is 1. The SMILES string of the molecule is C[C@H](CN1CCCCC1)C(=O)N1CCCN([C@@H]2CCN(Cc3ccc(F)cc3)C2=O)CC1. The highest BCUT2D eigenvalue weighted by atomic mass is 19.1. The van der Waals surface area contributed by atoms with Gasteiger partial charge >= 0.3 is 0 Å². The average molecular weight is 445 g/mol. The van der Waals surface area contributed by atoms with Gasteiger partial charge in [-0.25, -0.2) is 4.39 Å². The van der Waals surface area contributed by atoms with Gasteiger partial charge in [0.05, 0.1) is 6.04 Å². The molecule has 3 aliphatic rings. The standard InChI is InChI=1S/C25H37FN4O2/c1-20(18-27-11-3-2-4-12-27)24(31)29-14-5-13-28(16-17-29)23-10-15-30(25(23)32)19-21-6-8-22(26)9-7-21/h6-9,20,23H,2-5,10-19H2,1H3/t20-,23-/m1/s1. The van der Waals surface area contributed by atoms with Gasteiger partial charge in [-0.15, -0.1) is 0 Å². The number of benzene rings is 1. The van der Waals surface area contributed by atoms with Gasteiger partial charge in [0, 0.05) is 51.7 Å². The molecular formula is C25H37FN4O2. The van der Waals surface area contributed by atoms with Crippen molar-refractivity contribution >= 4 is 11.8 Å². The lowest BCUT2D eigenvalue weighted by Crippen LogP contribution is -2.45. The molecule has 3 heterocycles. The number of likely N-dealkylation sites (tertiary alicyclic amines) is 2. The zero-order chi connectivity index (χ0) is 22.5. The molecule has 2 atom stereocenters. The van der Waals surface area contributed by atoms with Gasteiger partial charge in [-0.3, -0.25) is 14.5 Å². The minimum absolute atomic E-state index is 0.0268. The van der Waals surface area contributed by atoms with Crippen molar-refractivity contribution in [1.82, 2.24) is 19.6 Å². The van der Waals surface area contributed by atoms with Crippen LogP contribution in [0.15, 0.2) is 24.3 Å². The van der Waals surface area contributed by atoms with E-state index in [1.54, 1.807) is 12.1 Å². The quantitative estimate of drug-likeness (QED) is 0.677. The van der Waals surface area contributed by atoms with Gasteiger partial charge in [-0.05, 0) is 56.5 Å². The van der Waals surface area contributed by atoms with Crippen LogP contribution in [0, 0.1) is 11.7 Å². The Labute approximate surface area is 191 Å². The molecule has 0 radical (unpaired) electrons. The van der Waals surface area contributed by atoms with E-state index in [1.165, 1.54) is 31.4 Å². The van der Waals surface area contributed by atoms with Crippen LogP contribution >= 0.6 is 0 Å².